The molecular formula is C17H20N2O2. The van der Waals surface area contributed by atoms with Crippen LogP contribution in [0.15, 0.2) is 42.5 Å². The molecule has 0 aliphatic heterocycles. The normalized spacial score (nSPS) is 10.2. The van der Waals surface area contributed by atoms with Gasteiger partial charge in [0.05, 0.1) is 6.61 Å². The molecule has 0 bridgehead atoms. The molecule has 2 rings (SSSR count). The van der Waals surface area contributed by atoms with Crippen molar-refractivity contribution in [2.45, 2.75) is 20.3 Å². The lowest BCUT2D eigenvalue weighted by molar-refractivity contribution is 0.102. The molecule has 21 heavy (non-hydrogen) atoms. The summed E-state index contributed by atoms with van der Waals surface area (Å²) in [6, 6.07) is 12.8. The first kappa shape index (κ1) is 14.9. The van der Waals surface area contributed by atoms with Crippen LogP contribution in [0, 0.1) is 0 Å². The molecule has 0 atom stereocenters. The van der Waals surface area contributed by atoms with Crippen LogP contribution in [0.4, 0.5) is 11.4 Å². The molecule has 0 saturated carbocycles. The quantitative estimate of drug-likeness (QED) is 0.826. The van der Waals surface area contributed by atoms with E-state index in [1.54, 1.807) is 18.2 Å². The predicted molar refractivity (Wildman–Crippen MR) is 85.8 cm³/mol. The van der Waals surface area contributed by atoms with Gasteiger partial charge in [-0.25, -0.2) is 0 Å². The van der Waals surface area contributed by atoms with Crippen molar-refractivity contribution < 1.29 is 9.53 Å². The standard InChI is InChI=1S/C17H20N2O2/c1-3-12-7-5-6-8-16(12)19-17(20)13-9-14(18)11-15(10-13)21-4-2/h5-11H,3-4,18H2,1-2H3,(H,19,20). The summed E-state index contributed by atoms with van der Waals surface area (Å²) < 4.78 is 5.41. The molecule has 110 valence electrons. The van der Waals surface area contributed by atoms with Crippen LogP contribution in [0.25, 0.3) is 0 Å². The number of anilines is 2. The van der Waals surface area contributed by atoms with Gasteiger partial charge in [0.15, 0.2) is 0 Å². The molecule has 0 fully saturated rings. The smallest absolute Gasteiger partial charge is 0.255 e. The average molecular weight is 284 g/mol. The fourth-order valence-corrected chi connectivity index (χ4v) is 2.15. The Morgan fingerprint density at radius 2 is 1.95 bits per heavy atom. The van der Waals surface area contributed by atoms with Gasteiger partial charge in [0.1, 0.15) is 5.75 Å². The summed E-state index contributed by atoms with van der Waals surface area (Å²) in [6.45, 7) is 4.47. The van der Waals surface area contributed by atoms with Crippen LogP contribution >= 0.6 is 0 Å². The van der Waals surface area contributed by atoms with Crippen LogP contribution in [0.3, 0.4) is 0 Å². The van der Waals surface area contributed by atoms with E-state index in [2.05, 4.69) is 12.2 Å². The number of amides is 1. The number of nitrogens with one attached hydrogen (secondary N) is 1. The molecule has 0 aromatic heterocycles. The van der Waals surface area contributed by atoms with Crippen molar-refractivity contribution >= 4 is 17.3 Å². The van der Waals surface area contributed by atoms with Crippen molar-refractivity contribution in [3.63, 3.8) is 0 Å². The van der Waals surface area contributed by atoms with E-state index in [1.165, 1.54) is 0 Å². The highest BCUT2D eigenvalue weighted by molar-refractivity contribution is 6.05. The number of ether oxygens (including phenoxy) is 1. The number of para-hydroxylation sites is 1. The number of hydrogen-bond acceptors (Lipinski definition) is 3. The minimum absolute atomic E-state index is 0.191. The number of benzene rings is 2. The minimum Gasteiger partial charge on any atom is -0.494 e. The highest BCUT2D eigenvalue weighted by atomic mass is 16.5. The highest BCUT2D eigenvalue weighted by Gasteiger charge is 2.10. The van der Waals surface area contributed by atoms with Gasteiger partial charge < -0.3 is 15.8 Å². The summed E-state index contributed by atoms with van der Waals surface area (Å²) in [7, 11) is 0. The second-order valence-electron chi connectivity index (χ2n) is 4.69. The molecule has 4 heteroatoms. The van der Waals surface area contributed by atoms with Gasteiger partial charge in [0, 0.05) is 23.0 Å². The van der Waals surface area contributed by atoms with E-state index in [9.17, 15) is 4.79 Å². The maximum absolute atomic E-state index is 12.4. The molecule has 0 unspecified atom stereocenters. The van der Waals surface area contributed by atoms with Crippen LogP contribution in [0.1, 0.15) is 29.8 Å². The number of nitrogen functional groups attached to an aromatic ring is 1. The minimum atomic E-state index is -0.191. The first-order valence-corrected chi connectivity index (χ1v) is 7.06. The van der Waals surface area contributed by atoms with Gasteiger partial charge in [-0.1, -0.05) is 25.1 Å². The molecule has 0 spiro atoms. The predicted octanol–water partition coefficient (Wildman–Crippen LogP) is 3.48. The van der Waals surface area contributed by atoms with Crippen molar-refractivity contribution in [1.82, 2.24) is 0 Å². The Kier molecular flexibility index (Phi) is 4.82. The first-order chi connectivity index (χ1) is 10.1. The van der Waals surface area contributed by atoms with Gasteiger partial charge in [-0.2, -0.15) is 0 Å². The van der Waals surface area contributed by atoms with Gasteiger partial charge in [0.2, 0.25) is 0 Å². The Morgan fingerprint density at radius 1 is 1.19 bits per heavy atom. The number of aryl methyl sites for hydroxylation is 1. The van der Waals surface area contributed by atoms with E-state index >= 15 is 0 Å². The number of hydrogen-bond donors (Lipinski definition) is 2. The third-order valence-electron chi connectivity index (χ3n) is 3.15. The van der Waals surface area contributed by atoms with Crippen LogP contribution in [-0.4, -0.2) is 12.5 Å². The number of carbonyl (C=O) groups is 1. The zero-order valence-electron chi connectivity index (χ0n) is 12.3. The van der Waals surface area contributed by atoms with Gasteiger partial charge in [-0.05, 0) is 37.1 Å². The average Bonchev–Trinajstić information content (AvgIpc) is 2.47. The number of carbonyl (C=O) groups excluding carboxylic acids is 1. The maximum atomic E-state index is 12.4. The summed E-state index contributed by atoms with van der Waals surface area (Å²) in [4.78, 5) is 12.4. The topological polar surface area (TPSA) is 64.3 Å². The van der Waals surface area contributed by atoms with Crippen molar-refractivity contribution in [2.75, 3.05) is 17.7 Å². The molecule has 2 aromatic rings. The lowest BCUT2D eigenvalue weighted by Crippen LogP contribution is -2.13. The second-order valence-corrected chi connectivity index (χ2v) is 4.69. The van der Waals surface area contributed by atoms with Gasteiger partial charge in [-0.3, -0.25) is 4.79 Å². The van der Waals surface area contributed by atoms with E-state index in [1.807, 2.05) is 31.2 Å². The van der Waals surface area contributed by atoms with Crippen molar-refractivity contribution in [2.24, 2.45) is 0 Å². The van der Waals surface area contributed by atoms with Crippen LogP contribution in [0.5, 0.6) is 5.75 Å². The Hall–Kier alpha value is -2.49. The summed E-state index contributed by atoms with van der Waals surface area (Å²) in [5.41, 5.74) is 8.74. The molecule has 0 heterocycles. The molecule has 0 radical (unpaired) electrons. The van der Waals surface area contributed by atoms with Crippen LogP contribution in [0.2, 0.25) is 0 Å². The van der Waals surface area contributed by atoms with Crippen LogP contribution in [-0.2, 0) is 6.42 Å². The fraction of sp³-hybridized carbons (Fsp3) is 0.235. The molecule has 0 aliphatic rings. The van der Waals surface area contributed by atoms with E-state index in [4.69, 9.17) is 10.5 Å². The molecule has 1 amide bonds. The molecule has 3 N–H and O–H groups in total. The Balaban J connectivity index is 2.24. The van der Waals surface area contributed by atoms with Crippen molar-refractivity contribution in [3.05, 3.63) is 53.6 Å². The first-order valence-electron chi connectivity index (χ1n) is 7.06. The summed E-state index contributed by atoms with van der Waals surface area (Å²) >= 11 is 0. The van der Waals surface area contributed by atoms with Crippen molar-refractivity contribution in [1.29, 1.82) is 0 Å². The zero-order valence-corrected chi connectivity index (χ0v) is 12.3. The van der Waals surface area contributed by atoms with Gasteiger partial charge in [0.25, 0.3) is 5.91 Å². The van der Waals surface area contributed by atoms with Gasteiger partial charge >= 0.3 is 0 Å². The van der Waals surface area contributed by atoms with E-state index < -0.39 is 0 Å². The summed E-state index contributed by atoms with van der Waals surface area (Å²) in [5.74, 6) is 0.413. The molecular weight excluding hydrogens is 264 g/mol. The van der Waals surface area contributed by atoms with E-state index in [0.29, 0.717) is 23.6 Å². The lowest BCUT2D eigenvalue weighted by atomic mass is 10.1. The summed E-state index contributed by atoms with van der Waals surface area (Å²) in [5, 5.41) is 2.92. The van der Waals surface area contributed by atoms with Crippen molar-refractivity contribution in [3.8, 4) is 5.75 Å². The monoisotopic (exact) mass is 284 g/mol. The molecule has 0 saturated heterocycles. The number of rotatable bonds is 5. The van der Waals surface area contributed by atoms with E-state index in [-0.39, 0.29) is 5.91 Å². The van der Waals surface area contributed by atoms with Crippen LogP contribution < -0.4 is 15.8 Å². The Morgan fingerprint density at radius 3 is 2.67 bits per heavy atom. The highest BCUT2D eigenvalue weighted by Crippen LogP contribution is 2.21. The Bertz CT molecular complexity index is 638. The molecule has 2 aromatic carbocycles. The zero-order chi connectivity index (χ0) is 15.2. The largest absolute Gasteiger partial charge is 0.494 e. The Labute approximate surface area is 124 Å². The third kappa shape index (κ3) is 3.75. The fourth-order valence-electron chi connectivity index (χ4n) is 2.15. The molecule has 4 nitrogen and oxygen atoms in total. The van der Waals surface area contributed by atoms with Gasteiger partial charge in [-0.15, -0.1) is 0 Å². The molecule has 0 aliphatic carbocycles. The lowest BCUT2D eigenvalue weighted by Gasteiger charge is -2.11. The second kappa shape index (κ2) is 6.79. The number of nitrogens with two attached hydrogens (primary N) is 1. The maximum Gasteiger partial charge on any atom is 0.255 e. The van der Waals surface area contributed by atoms with E-state index in [0.717, 1.165) is 17.7 Å². The summed E-state index contributed by atoms with van der Waals surface area (Å²) in [6.07, 6.45) is 0.859. The third-order valence-corrected chi connectivity index (χ3v) is 3.15. The SMILES string of the molecule is CCOc1cc(N)cc(C(=O)Nc2ccccc2CC)c1.